The van der Waals surface area contributed by atoms with E-state index in [2.05, 4.69) is 22.3 Å². The molecule has 3 nitrogen and oxygen atoms in total. The van der Waals surface area contributed by atoms with Gasteiger partial charge in [-0.3, -0.25) is 9.69 Å². The number of amides is 1. The van der Waals surface area contributed by atoms with Gasteiger partial charge >= 0.3 is 0 Å². The van der Waals surface area contributed by atoms with Crippen molar-refractivity contribution < 1.29 is 9.18 Å². The van der Waals surface area contributed by atoms with E-state index in [0.717, 1.165) is 24.9 Å². The van der Waals surface area contributed by atoms with Gasteiger partial charge in [-0.1, -0.05) is 41.9 Å². The van der Waals surface area contributed by atoms with Crippen molar-refractivity contribution in [1.29, 1.82) is 0 Å². The molecule has 1 atom stereocenters. The Morgan fingerprint density at radius 3 is 2.76 bits per heavy atom. The summed E-state index contributed by atoms with van der Waals surface area (Å²) >= 11 is 6.22. The molecule has 1 unspecified atom stereocenters. The van der Waals surface area contributed by atoms with Crippen molar-refractivity contribution in [3.63, 3.8) is 0 Å². The van der Waals surface area contributed by atoms with E-state index in [1.807, 2.05) is 12.1 Å². The van der Waals surface area contributed by atoms with E-state index in [4.69, 9.17) is 11.6 Å². The monoisotopic (exact) mass is 358 g/mol. The fraction of sp³-hybridized carbons (Fsp3) is 0.350. The van der Waals surface area contributed by atoms with Crippen LogP contribution < -0.4 is 5.32 Å². The van der Waals surface area contributed by atoms with E-state index >= 15 is 0 Å². The second kappa shape index (κ2) is 6.43. The maximum atomic E-state index is 14.3. The molecule has 0 radical (unpaired) electrons. The number of nitrogens with one attached hydrogen (secondary N) is 1. The normalized spacial score (nSPS) is 23.4. The third-order valence-corrected chi connectivity index (χ3v) is 5.85. The number of hydrogen-bond donors (Lipinski definition) is 1. The number of hydrogen-bond acceptors (Lipinski definition) is 2. The highest BCUT2D eigenvalue weighted by Crippen LogP contribution is 2.37. The average molecular weight is 359 g/mol. The Hall–Kier alpha value is -1.91. The first-order chi connectivity index (χ1) is 12.1. The SMILES string of the molecule is O=C1NCc2ccccc2CC12CCCN2Cc1c(F)cccc1Cl. The molecule has 1 spiro atoms. The molecule has 0 aromatic heterocycles. The number of rotatable bonds is 2. The van der Waals surface area contributed by atoms with Gasteiger partial charge < -0.3 is 5.32 Å². The Morgan fingerprint density at radius 1 is 1.16 bits per heavy atom. The lowest BCUT2D eigenvalue weighted by Gasteiger charge is -2.36. The standard InChI is InChI=1S/C20H20ClFN2O/c21-17-7-3-8-18(22)16(17)13-24-10-4-9-20(24)11-14-5-1-2-6-15(14)12-23-19(20)25/h1-3,5-8H,4,9-13H2,(H,23,25). The second-order valence-corrected chi connectivity index (χ2v) is 7.29. The summed E-state index contributed by atoms with van der Waals surface area (Å²) in [5.74, 6) is -0.280. The summed E-state index contributed by atoms with van der Waals surface area (Å²) in [6.45, 7) is 1.66. The fourth-order valence-corrected chi connectivity index (χ4v) is 4.36. The average Bonchev–Trinajstić information content (AvgIpc) is 2.94. The number of benzene rings is 2. The summed E-state index contributed by atoms with van der Waals surface area (Å²) in [6, 6.07) is 12.9. The van der Waals surface area contributed by atoms with Gasteiger partial charge in [0.2, 0.25) is 5.91 Å². The van der Waals surface area contributed by atoms with Crippen LogP contribution in [0.3, 0.4) is 0 Å². The van der Waals surface area contributed by atoms with Gasteiger partial charge in [-0.2, -0.15) is 0 Å². The molecule has 2 aromatic carbocycles. The topological polar surface area (TPSA) is 32.3 Å². The first-order valence-corrected chi connectivity index (χ1v) is 9.01. The molecule has 130 valence electrons. The van der Waals surface area contributed by atoms with Crippen LogP contribution in [0, 0.1) is 5.82 Å². The largest absolute Gasteiger partial charge is 0.350 e. The van der Waals surface area contributed by atoms with Crippen molar-refractivity contribution >= 4 is 17.5 Å². The molecule has 1 N–H and O–H groups in total. The number of likely N-dealkylation sites (tertiary alicyclic amines) is 1. The summed E-state index contributed by atoms with van der Waals surface area (Å²) in [6.07, 6.45) is 2.35. The molecule has 2 aliphatic heterocycles. The molecule has 4 rings (SSSR count). The third kappa shape index (κ3) is 2.83. The lowest BCUT2D eigenvalue weighted by molar-refractivity contribution is -0.132. The first-order valence-electron chi connectivity index (χ1n) is 8.63. The third-order valence-electron chi connectivity index (χ3n) is 5.50. The fourth-order valence-electron chi connectivity index (χ4n) is 4.13. The Labute approximate surface area is 151 Å². The lowest BCUT2D eigenvalue weighted by Crippen LogP contribution is -2.55. The van der Waals surface area contributed by atoms with Gasteiger partial charge in [-0.15, -0.1) is 0 Å². The number of carbonyl (C=O) groups is 1. The number of nitrogens with zero attached hydrogens (tertiary/aromatic N) is 1. The van der Waals surface area contributed by atoms with Crippen molar-refractivity contribution in [3.8, 4) is 0 Å². The molecule has 25 heavy (non-hydrogen) atoms. The second-order valence-electron chi connectivity index (χ2n) is 6.89. The van der Waals surface area contributed by atoms with E-state index in [1.165, 1.54) is 11.6 Å². The van der Waals surface area contributed by atoms with Crippen LogP contribution in [-0.4, -0.2) is 22.9 Å². The van der Waals surface area contributed by atoms with Gasteiger partial charge in [0.25, 0.3) is 0 Å². The smallest absolute Gasteiger partial charge is 0.241 e. The number of fused-ring (bicyclic) bond motifs is 1. The van der Waals surface area contributed by atoms with E-state index in [-0.39, 0.29) is 11.7 Å². The lowest BCUT2D eigenvalue weighted by atomic mass is 9.86. The molecular formula is C20H20ClFN2O. The van der Waals surface area contributed by atoms with Gasteiger partial charge in [0.1, 0.15) is 11.4 Å². The molecule has 1 amide bonds. The Morgan fingerprint density at radius 2 is 1.96 bits per heavy atom. The summed E-state index contributed by atoms with van der Waals surface area (Å²) in [4.78, 5) is 15.1. The Kier molecular flexibility index (Phi) is 4.26. The zero-order valence-electron chi connectivity index (χ0n) is 13.9. The quantitative estimate of drug-likeness (QED) is 0.888. The van der Waals surface area contributed by atoms with Crippen LogP contribution in [0.5, 0.6) is 0 Å². The number of halogens is 2. The van der Waals surface area contributed by atoms with Gasteiger partial charge in [-0.05, 0) is 42.6 Å². The van der Waals surface area contributed by atoms with Crippen LogP contribution in [0.2, 0.25) is 5.02 Å². The summed E-state index contributed by atoms with van der Waals surface area (Å²) in [5.41, 5.74) is 2.18. The predicted octanol–water partition coefficient (Wildman–Crippen LogP) is 3.69. The molecule has 0 aliphatic carbocycles. The van der Waals surface area contributed by atoms with Gasteiger partial charge in [0.05, 0.1) is 0 Å². The van der Waals surface area contributed by atoms with Crippen LogP contribution in [-0.2, 0) is 24.3 Å². The van der Waals surface area contributed by atoms with E-state index in [1.54, 1.807) is 12.1 Å². The minimum absolute atomic E-state index is 0.0358. The molecule has 0 bridgehead atoms. The van der Waals surface area contributed by atoms with Crippen LogP contribution in [0.25, 0.3) is 0 Å². The van der Waals surface area contributed by atoms with Gasteiger partial charge in [0.15, 0.2) is 0 Å². The van der Waals surface area contributed by atoms with Crippen molar-refractivity contribution in [2.45, 2.75) is 37.9 Å². The minimum atomic E-state index is -0.627. The van der Waals surface area contributed by atoms with E-state index < -0.39 is 5.54 Å². The number of carbonyl (C=O) groups excluding carboxylic acids is 1. The van der Waals surface area contributed by atoms with Gasteiger partial charge in [-0.25, -0.2) is 4.39 Å². The molecule has 2 aliphatic rings. The highest BCUT2D eigenvalue weighted by molar-refractivity contribution is 6.31. The summed E-state index contributed by atoms with van der Waals surface area (Å²) < 4.78 is 14.3. The molecular weight excluding hydrogens is 339 g/mol. The van der Waals surface area contributed by atoms with E-state index in [0.29, 0.717) is 30.1 Å². The zero-order valence-corrected chi connectivity index (χ0v) is 14.7. The minimum Gasteiger partial charge on any atom is -0.350 e. The molecule has 2 heterocycles. The predicted molar refractivity (Wildman–Crippen MR) is 95.8 cm³/mol. The van der Waals surface area contributed by atoms with Crippen molar-refractivity contribution in [2.75, 3.05) is 6.54 Å². The Bertz CT molecular complexity index is 805. The van der Waals surface area contributed by atoms with Crippen molar-refractivity contribution in [1.82, 2.24) is 10.2 Å². The molecule has 1 fully saturated rings. The van der Waals surface area contributed by atoms with Crippen molar-refractivity contribution in [2.24, 2.45) is 0 Å². The summed E-state index contributed by atoms with van der Waals surface area (Å²) in [7, 11) is 0. The van der Waals surface area contributed by atoms with Crippen molar-refractivity contribution in [3.05, 3.63) is 70.0 Å². The zero-order chi connectivity index (χ0) is 17.4. The Balaban J connectivity index is 1.71. The highest BCUT2D eigenvalue weighted by Gasteiger charge is 2.48. The van der Waals surface area contributed by atoms with Crippen LogP contribution in [0.1, 0.15) is 29.5 Å². The molecule has 0 saturated carbocycles. The molecule has 1 saturated heterocycles. The van der Waals surface area contributed by atoms with Crippen LogP contribution in [0.15, 0.2) is 42.5 Å². The maximum absolute atomic E-state index is 14.3. The highest BCUT2D eigenvalue weighted by atomic mass is 35.5. The van der Waals surface area contributed by atoms with Crippen LogP contribution in [0.4, 0.5) is 4.39 Å². The molecule has 5 heteroatoms. The summed E-state index contributed by atoms with van der Waals surface area (Å²) in [5, 5.41) is 3.48. The maximum Gasteiger partial charge on any atom is 0.241 e. The van der Waals surface area contributed by atoms with Gasteiger partial charge in [0, 0.05) is 30.1 Å². The van der Waals surface area contributed by atoms with Crippen LogP contribution >= 0.6 is 11.6 Å². The van der Waals surface area contributed by atoms with E-state index in [9.17, 15) is 9.18 Å². The first kappa shape index (κ1) is 16.6. The molecule has 2 aromatic rings.